The van der Waals surface area contributed by atoms with Crippen molar-refractivity contribution in [2.75, 3.05) is 4.90 Å². The molecule has 2 aromatic carbocycles. The molecule has 1 aliphatic heterocycles. The molecular formula is C18H15NOS2. The lowest BCUT2D eigenvalue weighted by Crippen LogP contribution is -2.28. The van der Waals surface area contributed by atoms with Gasteiger partial charge in [0.25, 0.3) is 5.91 Å². The third-order valence-electron chi connectivity index (χ3n) is 3.50. The van der Waals surface area contributed by atoms with Crippen molar-refractivity contribution >= 4 is 46.0 Å². The van der Waals surface area contributed by atoms with E-state index in [0.29, 0.717) is 9.23 Å². The molecule has 110 valence electrons. The van der Waals surface area contributed by atoms with Crippen molar-refractivity contribution in [2.45, 2.75) is 13.3 Å². The molecule has 0 spiro atoms. The summed E-state index contributed by atoms with van der Waals surface area (Å²) in [5, 5.41) is 0. The fourth-order valence-corrected chi connectivity index (χ4v) is 3.69. The molecule has 0 aromatic heterocycles. The molecule has 0 aliphatic carbocycles. The van der Waals surface area contributed by atoms with E-state index in [4.69, 9.17) is 12.2 Å². The molecule has 0 atom stereocenters. The number of benzene rings is 2. The fraction of sp³-hybridized carbons (Fsp3) is 0.111. The molecule has 0 saturated carbocycles. The summed E-state index contributed by atoms with van der Waals surface area (Å²) in [6, 6.07) is 17.7. The van der Waals surface area contributed by atoms with Crippen molar-refractivity contribution < 1.29 is 4.79 Å². The van der Waals surface area contributed by atoms with Crippen molar-refractivity contribution in [1.82, 2.24) is 0 Å². The van der Waals surface area contributed by atoms with Gasteiger partial charge in [-0.3, -0.25) is 9.69 Å². The predicted octanol–water partition coefficient (Wildman–Crippen LogP) is 4.65. The predicted molar refractivity (Wildman–Crippen MR) is 97.9 cm³/mol. The number of aryl methyl sites for hydroxylation is 1. The third kappa shape index (κ3) is 2.85. The largest absolute Gasteiger partial charge is 0.270 e. The summed E-state index contributed by atoms with van der Waals surface area (Å²) in [5.74, 6) is -0.0419. The Hall–Kier alpha value is -1.91. The summed E-state index contributed by atoms with van der Waals surface area (Å²) < 4.78 is 0.591. The van der Waals surface area contributed by atoms with Gasteiger partial charge in [0.1, 0.15) is 0 Å². The topological polar surface area (TPSA) is 20.3 Å². The highest BCUT2D eigenvalue weighted by Crippen LogP contribution is 2.37. The molecular weight excluding hydrogens is 310 g/mol. The summed E-state index contributed by atoms with van der Waals surface area (Å²) in [4.78, 5) is 15.1. The van der Waals surface area contributed by atoms with E-state index in [2.05, 4.69) is 6.92 Å². The van der Waals surface area contributed by atoms with Crippen molar-refractivity contribution in [3.05, 3.63) is 70.6 Å². The number of thioether (sulfide) groups is 1. The van der Waals surface area contributed by atoms with E-state index in [1.165, 1.54) is 11.8 Å². The summed E-state index contributed by atoms with van der Waals surface area (Å²) >= 11 is 6.79. The van der Waals surface area contributed by atoms with E-state index in [1.807, 2.05) is 60.7 Å². The van der Waals surface area contributed by atoms with Crippen LogP contribution < -0.4 is 4.90 Å². The van der Waals surface area contributed by atoms with Gasteiger partial charge in [-0.05, 0) is 29.7 Å². The van der Waals surface area contributed by atoms with Crippen molar-refractivity contribution in [3.8, 4) is 0 Å². The molecule has 3 rings (SSSR count). The maximum Gasteiger partial charge on any atom is 0.270 e. The van der Waals surface area contributed by atoms with Crippen molar-refractivity contribution in [3.63, 3.8) is 0 Å². The van der Waals surface area contributed by atoms with Gasteiger partial charge in [0.15, 0.2) is 4.32 Å². The first-order valence-electron chi connectivity index (χ1n) is 7.11. The molecule has 1 aliphatic rings. The SMILES string of the molecule is CCc1ccccc1N1C(=O)C(=Cc2ccccc2)SC1=S. The smallest absolute Gasteiger partial charge is 0.268 e. The van der Waals surface area contributed by atoms with Gasteiger partial charge < -0.3 is 0 Å². The van der Waals surface area contributed by atoms with Crippen LogP contribution in [-0.4, -0.2) is 10.2 Å². The van der Waals surface area contributed by atoms with Crippen LogP contribution in [0, 0.1) is 0 Å². The molecule has 0 N–H and O–H groups in total. The van der Waals surface area contributed by atoms with E-state index in [0.717, 1.165) is 23.2 Å². The molecule has 2 aromatic rings. The molecule has 1 saturated heterocycles. The number of carbonyl (C=O) groups excluding carboxylic acids is 1. The van der Waals surface area contributed by atoms with Crippen LogP contribution >= 0.6 is 24.0 Å². The van der Waals surface area contributed by atoms with Gasteiger partial charge in [0.05, 0.1) is 10.6 Å². The number of thiocarbonyl (C=S) groups is 1. The second-order valence-corrected chi connectivity index (χ2v) is 6.59. The van der Waals surface area contributed by atoms with Crippen molar-refractivity contribution in [2.24, 2.45) is 0 Å². The van der Waals surface area contributed by atoms with Crippen LogP contribution in [0.5, 0.6) is 0 Å². The Balaban J connectivity index is 1.97. The monoisotopic (exact) mass is 325 g/mol. The summed E-state index contributed by atoms with van der Waals surface area (Å²) in [6.45, 7) is 2.08. The number of amides is 1. The maximum atomic E-state index is 12.7. The first-order valence-corrected chi connectivity index (χ1v) is 8.34. The molecule has 0 unspecified atom stereocenters. The number of anilines is 1. The number of carbonyl (C=O) groups is 1. The van der Waals surface area contributed by atoms with Gasteiger partial charge in [-0.15, -0.1) is 0 Å². The Morgan fingerprint density at radius 3 is 2.50 bits per heavy atom. The van der Waals surface area contributed by atoms with Crippen LogP contribution in [0.2, 0.25) is 0 Å². The lowest BCUT2D eigenvalue weighted by molar-refractivity contribution is -0.113. The van der Waals surface area contributed by atoms with Gasteiger partial charge in [-0.1, -0.05) is 79.4 Å². The van der Waals surface area contributed by atoms with E-state index in [-0.39, 0.29) is 5.91 Å². The number of nitrogens with zero attached hydrogens (tertiary/aromatic N) is 1. The van der Waals surface area contributed by atoms with E-state index in [1.54, 1.807) is 4.90 Å². The molecule has 4 heteroatoms. The molecule has 1 amide bonds. The van der Waals surface area contributed by atoms with E-state index < -0.39 is 0 Å². The van der Waals surface area contributed by atoms with Crippen LogP contribution in [0.15, 0.2) is 59.5 Å². The Bertz CT molecular complexity index is 753. The lowest BCUT2D eigenvalue weighted by atomic mass is 10.1. The van der Waals surface area contributed by atoms with Crippen LogP contribution in [-0.2, 0) is 11.2 Å². The summed E-state index contributed by atoms with van der Waals surface area (Å²) in [6.07, 6.45) is 2.76. The number of rotatable bonds is 3. The zero-order valence-corrected chi connectivity index (χ0v) is 13.8. The Labute approximate surface area is 139 Å². The Morgan fingerprint density at radius 2 is 1.77 bits per heavy atom. The first kappa shape index (κ1) is 15.0. The summed E-state index contributed by atoms with van der Waals surface area (Å²) in [7, 11) is 0. The minimum absolute atomic E-state index is 0.0419. The second-order valence-electron chi connectivity index (χ2n) is 4.91. The van der Waals surface area contributed by atoms with Crippen molar-refractivity contribution in [1.29, 1.82) is 0 Å². The number of para-hydroxylation sites is 1. The zero-order chi connectivity index (χ0) is 15.5. The third-order valence-corrected chi connectivity index (χ3v) is 4.81. The fourth-order valence-electron chi connectivity index (χ4n) is 2.40. The lowest BCUT2D eigenvalue weighted by Gasteiger charge is -2.17. The Kier molecular flexibility index (Phi) is 4.41. The zero-order valence-electron chi connectivity index (χ0n) is 12.2. The second kappa shape index (κ2) is 6.46. The van der Waals surface area contributed by atoms with Crippen LogP contribution in [0.25, 0.3) is 6.08 Å². The molecule has 22 heavy (non-hydrogen) atoms. The van der Waals surface area contributed by atoms with Crippen LogP contribution in [0.3, 0.4) is 0 Å². The van der Waals surface area contributed by atoms with Crippen LogP contribution in [0.4, 0.5) is 5.69 Å². The van der Waals surface area contributed by atoms with Gasteiger partial charge in [0, 0.05) is 0 Å². The highest BCUT2D eigenvalue weighted by atomic mass is 32.2. The van der Waals surface area contributed by atoms with Gasteiger partial charge >= 0.3 is 0 Å². The van der Waals surface area contributed by atoms with E-state index >= 15 is 0 Å². The number of hydrogen-bond donors (Lipinski definition) is 0. The minimum atomic E-state index is -0.0419. The van der Waals surface area contributed by atoms with Gasteiger partial charge in [-0.25, -0.2) is 0 Å². The normalized spacial score (nSPS) is 16.6. The van der Waals surface area contributed by atoms with E-state index in [9.17, 15) is 4.79 Å². The standard InChI is InChI=1S/C18H15NOS2/c1-2-14-10-6-7-11-15(14)19-17(20)16(22-18(19)21)12-13-8-4-3-5-9-13/h3-12H,2H2,1H3. The van der Waals surface area contributed by atoms with Gasteiger partial charge in [-0.2, -0.15) is 0 Å². The maximum absolute atomic E-state index is 12.7. The highest BCUT2D eigenvalue weighted by molar-refractivity contribution is 8.27. The van der Waals surface area contributed by atoms with Gasteiger partial charge in [0.2, 0.25) is 0 Å². The molecule has 0 bridgehead atoms. The quantitative estimate of drug-likeness (QED) is 0.605. The number of hydrogen-bond acceptors (Lipinski definition) is 3. The molecule has 1 heterocycles. The molecule has 0 radical (unpaired) electrons. The summed E-state index contributed by atoms with van der Waals surface area (Å²) in [5.41, 5.74) is 3.02. The average Bonchev–Trinajstić information content (AvgIpc) is 2.82. The van der Waals surface area contributed by atoms with Crippen LogP contribution in [0.1, 0.15) is 18.1 Å². The Morgan fingerprint density at radius 1 is 1.09 bits per heavy atom. The molecule has 2 nitrogen and oxygen atoms in total. The molecule has 1 fully saturated rings. The first-order chi connectivity index (χ1) is 10.7. The minimum Gasteiger partial charge on any atom is -0.268 e. The highest BCUT2D eigenvalue weighted by Gasteiger charge is 2.34. The average molecular weight is 325 g/mol.